The summed E-state index contributed by atoms with van der Waals surface area (Å²) in [5, 5.41) is 0. The van der Waals surface area contributed by atoms with Crippen LogP contribution < -0.4 is 10.5 Å². The predicted octanol–water partition coefficient (Wildman–Crippen LogP) is 1.94. The molecule has 1 aromatic heterocycles. The molecule has 1 aromatic carbocycles. The zero-order chi connectivity index (χ0) is 12.3. The van der Waals surface area contributed by atoms with Crippen molar-refractivity contribution in [3.63, 3.8) is 0 Å². The summed E-state index contributed by atoms with van der Waals surface area (Å²) >= 11 is 0. The molecule has 2 aromatic rings. The Balaban J connectivity index is 2.36. The van der Waals surface area contributed by atoms with Crippen molar-refractivity contribution in [3.05, 3.63) is 36.3 Å². The average Bonchev–Trinajstić information content (AvgIpc) is 2.72. The molecule has 0 saturated heterocycles. The van der Waals surface area contributed by atoms with Crippen molar-refractivity contribution in [1.82, 2.24) is 9.55 Å². The van der Waals surface area contributed by atoms with Gasteiger partial charge in [0.15, 0.2) is 0 Å². The zero-order valence-corrected chi connectivity index (χ0v) is 10.2. The Kier molecular flexibility index (Phi) is 3.44. The van der Waals surface area contributed by atoms with Gasteiger partial charge >= 0.3 is 0 Å². The lowest BCUT2D eigenvalue weighted by Gasteiger charge is -2.07. The van der Waals surface area contributed by atoms with E-state index in [-0.39, 0.29) is 0 Å². The Bertz CT molecular complexity index is 488. The molecule has 0 radical (unpaired) electrons. The van der Waals surface area contributed by atoms with Crippen LogP contribution in [0, 0.1) is 0 Å². The molecular formula is C13H17N3O. The third-order valence-electron chi connectivity index (χ3n) is 2.64. The molecule has 1 heterocycles. The molecule has 90 valence electrons. The van der Waals surface area contributed by atoms with E-state index in [1.165, 1.54) is 0 Å². The maximum Gasteiger partial charge on any atom is 0.119 e. The molecule has 0 amide bonds. The van der Waals surface area contributed by atoms with Gasteiger partial charge in [-0.1, -0.05) is 0 Å². The van der Waals surface area contributed by atoms with E-state index >= 15 is 0 Å². The number of hydrogen-bond acceptors (Lipinski definition) is 3. The fourth-order valence-corrected chi connectivity index (χ4v) is 1.87. The normalized spacial score (nSPS) is 10.5. The Labute approximate surface area is 101 Å². The van der Waals surface area contributed by atoms with E-state index in [0.717, 1.165) is 22.7 Å². The van der Waals surface area contributed by atoms with Gasteiger partial charge in [-0.25, -0.2) is 4.98 Å². The first-order chi connectivity index (χ1) is 8.26. The Morgan fingerprint density at radius 1 is 1.29 bits per heavy atom. The van der Waals surface area contributed by atoms with E-state index in [1.807, 2.05) is 42.8 Å². The summed E-state index contributed by atoms with van der Waals surface area (Å²) in [5.74, 6) is 0.882. The lowest BCUT2D eigenvalue weighted by atomic mass is 10.1. The topological polar surface area (TPSA) is 53.1 Å². The van der Waals surface area contributed by atoms with Crippen molar-refractivity contribution in [2.75, 3.05) is 6.61 Å². The highest BCUT2D eigenvalue weighted by Crippen LogP contribution is 2.24. The van der Waals surface area contributed by atoms with Crippen molar-refractivity contribution in [1.29, 1.82) is 0 Å². The number of benzene rings is 1. The summed E-state index contributed by atoms with van der Waals surface area (Å²) < 4.78 is 7.40. The monoisotopic (exact) mass is 231 g/mol. The van der Waals surface area contributed by atoms with Gasteiger partial charge in [0.25, 0.3) is 0 Å². The number of imidazole rings is 1. The number of aromatic nitrogens is 2. The summed E-state index contributed by atoms with van der Waals surface area (Å²) in [7, 11) is 1.97. The first-order valence-corrected chi connectivity index (χ1v) is 5.69. The van der Waals surface area contributed by atoms with Gasteiger partial charge in [0.1, 0.15) is 5.75 Å². The van der Waals surface area contributed by atoms with Crippen molar-refractivity contribution in [3.8, 4) is 17.0 Å². The molecule has 2 rings (SSSR count). The Morgan fingerprint density at radius 3 is 2.59 bits per heavy atom. The van der Waals surface area contributed by atoms with Gasteiger partial charge in [0.05, 0.1) is 24.3 Å². The molecule has 4 nitrogen and oxygen atoms in total. The third kappa shape index (κ3) is 2.31. The van der Waals surface area contributed by atoms with Crippen molar-refractivity contribution < 1.29 is 4.74 Å². The Hall–Kier alpha value is -1.81. The van der Waals surface area contributed by atoms with E-state index in [2.05, 4.69) is 4.98 Å². The van der Waals surface area contributed by atoms with E-state index in [4.69, 9.17) is 10.5 Å². The second kappa shape index (κ2) is 5.01. The highest BCUT2D eigenvalue weighted by atomic mass is 16.5. The predicted molar refractivity (Wildman–Crippen MR) is 67.7 cm³/mol. The molecule has 0 aliphatic heterocycles. The maximum atomic E-state index is 5.68. The molecule has 0 bridgehead atoms. The van der Waals surface area contributed by atoms with Crippen LogP contribution in [0.1, 0.15) is 12.6 Å². The quantitative estimate of drug-likeness (QED) is 0.875. The molecule has 2 N–H and O–H groups in total. The van der Waals surface area contributed by atoms with Crippen LogP contribution in [-0.4, -0.2) is 16.2 Å². The lowest BCUT2D eigenvalue weighted by Crippen LogP contribution is -2.00. The molecule has 0 unspecified atom stereocenters. The van der Waals surface area contributed by atoms with E-state index in [9.17, 15) is 0 Å². The molecule has 0 saturated carbocycles. The SMILES string of the molecule is CCOc1ccc(-c2c(CN)ncn2C)cc1. The summed E-state index contributed by atoms with van der Waals surface area (Å²) in [6.45, 7) is 3.10. The van der Waals surface area contributed by atoms with Gasteiger partial charge in [0, 0.05) is 19.2 Å². The van der Waals surface area contributed by atoms with Gasteiger partial charge in [-0.3, -0.25) is 0 Å². The lowest BCUT2D eigenvalue weighted by molar-refractivity contribution is 0.340. The van der Waals surface area contributed by atoms with Crippen LogP contribution in [-0.2, 0) is 13.6 Å². The number of rotatable bonds is 4. The fraction of sp³-hybridized carbons (Fsp3) is 0.308. The first kappa shape index (κ1) is 11.7. The maximum absolute atomic E-state index is 5.68. The van der Waals surface area contributed by atoms with Crippen LogP contribution in [0.3, 0.4) is 0 Å². The molecule has 17 heavy (non-hydrogen) atoms. The molecule has 0 fully saturated rings. The van der Waals surface area contributed by atoms with Crippen LogP contribution in [0.4, 0.5) is 0 Å². The summed E-state index contributed by atoms with van der Waals surface area (Å²) in [6.07, 6.45) is 1.79. The number of nitrogens with zero attached hydrogens (tertiary/aromatic N) is 2. The number of nitrogens with two attached hydrogens (primary N) is 1. The highest BCUT2D eigenvalue weighted by Gasteiger charge is 2.09. The van der Waals surface area contributed by atoms with Crippen molar-refractivity contribution >= 4 is 0 Å². The third-order valence-corrected chi connectivity index (χ3v) is 2.64. The molecular weight excluding hydrogens is 214 g/mol. The minimum absolute atomic E-state index is 0.448. The molecule has 0 spiro atoms. The van der Waals surface area contributed by atoms with Gasteiger partial charge in [0.2, 0.25) is 0 Å². The van der Waals surface area contributed by atoms with Gasteiger partial charge in [-0.05, 0) is 31.2 Å². The molecule has 0 atom stereocenters. The van der Waals surface area contributed by atoms with Gasteiger partial charge in [-0.15, -0.1) is 0 Å². The first-order valence-electron chi connectivity index (χ1n) is 5.69. The van der Waals surface area contributed by atoms with E-state index in [0.29, 0.717) is 13.2 Å². The zero-order valence-electron chi connectivity index (χ0n) is 10.2. The minimum atomic E-state index is 0.448. The second-order valence-electron chi connectivity index (χ2n) is 3.81. The van der Waals surface area contributed by atoms with Crippen LogP contribution >= 0.6 is 0 Å². The van der Waals surface area contributed by atoms with E-state index < -0.39 is 0 Å². The van der Waals surface area contributed by atoms with Crippen molar-refractivity contribution in [2.24, 2.45) is 12.8 Å². The largest absolute Gasteiger partial charge is 0.494 e. The van der Waals surface area contributed by atoms with Crippen LogP contribution in [0.25, 0.3) is 11.3 Å². The summed E-state index contributed by atoms with van der Waals surface area (Å²) in [4.78, 5) is 4.28. The minimum Gasteiger partial charge on any atom is -0.494 e. The average molecular weight is 231 g/mol. The van der Waals surface area contributed by atoms with E-state index in [1.54, 1.807) is 6.33 Å². The summed E-state index contributed by atoms with van der Waals surface area (Å²) in [6, 6.07) is 7.99. The second-order valence-corrected chi connectivity index (χ2v) is 3.81. The van der Waals surface area contributed by atoms with Crippen LogP contribution in [0.2, 0.25) is 0 Å². The number of aryl methyl sites for hydroxylation is 1. The molecule has 0 aliphatic rings. The number of ether oxygens (including phenoxy) is 1. The highest BCUT2D eigenvalue weighted by molar-refractivity contribution is 5.63. The molecule has 4 heteroatoms. The summed E-state index contributed by atoms with van der Waals surface area (Å²) in [5.41, 5.74) is 8.76. The standard InChI is InChI=1S/C13H17N3O/c1-3-17-11-6-4-10(5-7-11)13-12(8-14)15-9-16(13)2/h4-7,9H,3,8,14H2,1-2H3. The Morgan fingerprint density at radius 2 is 2.00 bits per heavy atom. The molecule has 0 aliphatic carbocycles. The van der Waals surface area contributed by atoms with Crippen LogP contribution in [0.5, 0.6) is 5.75 Å². The van der Waals surface area contributed by atoms with Gasteiger partial charge in [-0.2, -0.15) is 0 Å². The number of hydrogen-bond donors (Lipinski definition) is 1. The fourth-order valence-electron chi connectivity index (χ4n) is 1.87. The van der Waals surface area contributed by atoms with Crippen LogP contribution in [0.15, 0.2) is 30.6 Å². The smallest absolute Gasteiger partial charge is 0.119 e. The van der Waals surface area contributed by atoms with Crippen molar-refractivity contribution in [2.45, 2.75) is 13.5 Å². The van der Waals surface area contributed by atoms with Gasteiger partial charge < -0.3 is 15.0 Å².